The molecular weight excluding hydrogens is 336 g/mol. The van der Waals surface area contributed by atoms with Crippen LogP contribution in [-0.2, 0) is 16.2 Å². The van der Waals surface area contributed by atoms with E-state index in [0.29, 0.717) is 31.0 Å². The number of sulfonamides is 1. The van der Waals surface area contributed by atoms with Gasteiger partial charge in [-0.15, -0.1) is 0 Å². The van der Waals surface area contributed by atoms with E-state index < -0.39 is 44.6 Å². The fraction of sp³-hybridized carbons (Fsp3) is 0.571. The number of halogens is 4. The highest BCUT2D eigenvalue weighted by Gasteiger charge is 2.39. The monoisotopic (exact) mass is 354 g/mol. The smallest absolute Gasteiger partial charge is 0.326 e. The fourth-order valence-corrected chi connectivity index (χ4v) is 4.62. The van der Waals surface area contributed by atoms with Gasteiger partial charge in [-0.2, -0.15) is 17.5 Å². The first kappa shape index (κ1) is 18.2. The fourth-order valence-electron chi connectivity index (χ4n) is 2.76. The minimum Gasteiger partial charge on any atom is -0.326 e. The third kappa shape index (κ3) is 3.67. The van der Waals surface area contributed by atoms with Gasteiger partial charge in [0.1, 0.15) is 10.7 Å². The summed E-state index contributed by atoms with van der Waals surface area (Å²) in [6, 6.07) is 0.340. The first-order chi connectivity index (χ1) is 10.5. The summed E-state index contributed by atoms with van der Waals surface area (Å²) in [5, 5.41) is 0. The number of piperidine rings is 1. The lowest BCUT2D eigenvalue weighted by atomic mass is 10.00. The van der Waals surface area contributed by atoms with Crippen molar-refractivity contribution in [2.75, 3.05) is 6.54 Å². The Kier molecular flexibility index (Phi) is 5.03. The molecule has 0 radical (unpaired) electrons. The minimum absolute atomic E-state index is 0.115. The Morgan fingerprint density at radius 1 is 1.30 bits per heavy atom. The van der Waals surface area contributed by atoms with Crippen molar-refractivity contribution in [3.8, 4) is 0 Å². The van der Waals surface area contributed by atoms with Gasteiger partial charge in [0.05, 0.1) is 5.56 Å². The summed E-state index contributed by atoms with van der Waals surface area (Å²) >= 11 is 0. The number of benzene rings is 1. The van der Waals surface area contributed by atoms with Gasteiger partial charge in [-0.05, 0) is 38.0 Å². The summed E-state index contributed by atoms with van der Waals surface area (Å²) in [6.45, 7) is 1.74. The number of nitrogens with two attached hydrogens (primary N) is 1. The maximum Gasteiger partial charge on any atom is 0.416 e. The van der Waals surface area contributed by atoms with Crippen LogP contribution < -0.4 is 5.73 Å². The average molecular weight is 354 g/mol. The molecule has 1 aliphatic heterocycles. The topological polar surface area (TPSA) is 63.4 Å². The summed E-state index contributed by atoms with van der Waals surface area (Å²) in [7, 11) is -4.39. The van der Waals surface area contributed by atoms with Crippen LogP contribution in [0.3, 0.4) is 0 Å². The predicted octanol–water partition coefficient (Wildman–Crippen LogP) is 2.73. The standard InChI is InChI=1S/C14H18F4N2O2S/c1-9(19)12-4-2-3-7-20(12)23(21,22)13-8-10(14(16,17)18)5-6-11(13)15/h5-6,8-9,12H,2-4,7,19H2,1H3. The normalized spacial score (nSPS) is 22.1. The van der Waals surface area contributed by atoms with E-state index in [1.54, 1.807) is 6.92 Å². The Morgan fingerprint density at radius 3 is 2.52 bits per heavy atom. The van der Waals surface area contributed by atoms with E-state index in [1.807, 2.05) is 0 Å². The van der Waals surface area contributed by atoms with Crippen molar-refractivity contribution in [3.63, 3.8) is 0 Å². The van der Waals surface area contributed by atoms with Crippen LogP contribution in [-0.4, -0.2) is 31.4 Å². The Morgan fingerprint density at radius 2 is 1.96 bits per heavy atom. The first-order valence-electron chi connectivity index (χ1n) is 7.19. The number of alkyl halides is 3. The molecule has 1 heterocycles. The van der Waals surface area contributed by atoms with E-state index in [4.69, 9.17) is 5.73 Å². The molecule has 2 atom stereocenters. The second-order valence-corrected chi connectivity index (χ2v) is 7.54. The second-order valence-electron chi connectivity index (χ2n) is 5.68. The highest BCUT2D eigenvalue weighted by atomic mass is 32.2. The number of nitrogens with zero attached hydrogens (tertiary/aromatic N) is 1. The van der Waals surface area contributed by atoms with Crippen LogP contribution in [0.1, 0.15) is 31.7 Å². The molecule has 1 aromatic rings. The van der Waals surface area contributed by atoms with Crippen LogP contribution in [0.5, 0.6) is 0 Å². The molecule has 23 heavy (non-hydrogen) atoms. The summed E-state index contributed by atoms with van der Waals surface area (Å²) in [4.78, 5) is -0.958. The molecule has 0 bridgehead atoms. The molecule has 1 fully saturated rings. The van der Waals surface area contributed by atoms with Crippen molar-refractivity contribution in [1.29, 1.82) is 0 Å². The van der Waals surface area contributed by atoms with Crippen molar-refractivity contribution >= 4 is 10.0 Å². The van der Waals surface area contributed by atoms with Crippen LogP contribution in [0.2, 0.25) is 0 Å². The molecule has 0 amide bonds. The van der Waals surface area contributed by atoms with E-state index in [0.717, 1.165) is 10.7 Å². The van der Waals surface area contributed by atoms with Crippen LogP contribution >= 0.6 is 0 Å². The molecule has 1 aliphatic rings. The quantitative estimate of drug-likeness (QED) is 0.849. The van der Waals surface area contributed by atoms with Crippen LogP contribution in [0.15, 0.2) is 23.1 Å². The first-order valence-corrected chi connectivity index (χ1v) is 8.63. The Hall–Kier alpha value is -1.19. The molecule has 0 aliphatic carbocycles. The third-order valence-corrected chi connectivity index (χ3v) is 5.89. The van der Waals surface area contributed by atoms with E-state index in [9.17, 15) is 26.0 Å². The number of rotatable bonds is 3. The highest BCUT2D eigenvalue weighted by Crippen LogP contribution is 2.34. The lowest BCUT2D eigenvalue weighted by Crippen LogP contribution is -2.51. The summed E-state index contributed by atoms with van der Waals surface area (Å²) < 4.78 is 78.6. The molecule has 0 saturated carbocycles. The van der Waals surface area contributed by atoms with Crippen molar-refractivity contribution in [2.45, 2.75) is 49.3 Å². The van der Waals surface area contributed by atoms with Crippen molar-refractivity contribution < 1.29 is 26.0 Å². The summed E-state index contributed by atoms with van der Waals surface area (Å²) in [5.41, 5.74) is 4.59. The number of hydrogen-bond donors (Lipinski definition) is 1. The molecule has 1 aromatic carbocycles. The van der Waals surface area contributed by atoms with Crippen molar-refractivity contribution in [3.05, 3.63) is 29.6 Å². The molecule has 1 saturated heterocycles. The molecule has 130 valence electrons. The average Bonchev–Trinajstić information content (AvgIpc) is 2.46. The van der Waals surface area contributed by atoms with Crippen molar-refractivity contribution in [1.82, 2.24) is 4.31 Å². The van der Waals surface area contributed by atoms with Gasteiger partial charge in [-0.25, -0.2) is 12.8 Å². The van der Waals surface area contributed by atoms with Gasteiger partial charge in [0.25, 0.3) is 0 Å². The Labute approximate surface area is 132 Å². The lowest BCUT2D eigenvalue weighted by Gasteiger charge is -2.37. The van der Waals surface area contributed by atoms with Gasteiger partial charge in [-0.1, -0.05) is 6.42 Å². The summed E-state index contributed by atoms with van der Waals surface area (Å²) in [5.74, 6) is -1.20. The van der Waals surface area contributed by atoms with Gasteiger partial charge in [0, 0.05) is 18.6 Å². The lowest BCUT2D eigenvalue weighted by molar-refractivity contribution is -0.137. The summed E-state index contributed by atoms with van der Waals surface area (Å²) in [6.07, 6.45) is -2.93. The maximum absolute atomic E-state index is 13.9. The van der Waals surface area contributed by atoms with Crippen LogP contribution in [0.25, 0.3) is 0 Å². The van der Waals surface area contributed by atoms with E-state index in [1.165, 1.54) is 0 Å². The second kappa shape index (κ2) is 6.37. The Balaban J connectivity index is 2.50. The SMILES string of the molecule is CC(N)C1CCCCN1S(=O)(=O)c1cc(C(F)(F)F)ccc1F. The van der Waals surface area contributed by atoms with Crippen LogP contribution in [0.4, 0.5) is 17.6 Å². The van der Waals surface area contributed by atoms with Crippen molar-refractivity contribution in [2.24, 2.45) is 5.73 Å². The molecule has 2 unspecified atom stereocenters. The molecular formula is C14H18F4N2O2S. The van der Waals surface area contributed by atoms with Gasteiger partial charge in [0.2, 0.25) is 10.0 Å². The van der Waals surface area contributed by atoms with E-state index in [-0.39, 0.29) is 6.54 Å². The molecule has 0 spiro atoms. The van der Waals surface area contributed by atoms with Gasteiger partial charge < -0.3 is 5.73 Å². The molecule has 2 rings (SSSR count). The zero-order valence-electron chi connectivity index (χ0n) is 12.5. The largest absolute Gasteiger partial charge is 0.416 e. The van der Waals surface area contributed by atoms with Gasteiger partial charge in [0.15, 0.2) is 0 Å². The zero-order chi connectivity index (χ0) is 17.4. The highest BCUT2D eigenvalue weighted by molar-refractivity contribution is 7.89. The zero-order valence-corrected chi connectivity index (χ0v) is 13.3. The molecule has 9 heteroatoms. The molecule has 4 nitrogen and oxygen atoms in total. The third-order valence-electron chi connectivity index (χ3n) is 3.95. The minimum atomic E-state index is -4.75. The van der Waals surface area contributed by atoms with E-state index in [2.05, 4.69) is 0 Å². The number of hydrogen-bond acceptors (Lipinski definition) is 3. The van der Waals surface area contributed by atoms with Gasteiger partial charge in [-0.3, -0.25) is 0 Å². The van der Waals surface area contributed by atoms with E-state index >= 15 is 0 Å². The van der Waals surface area contributed by atoms with Gasteiger partial charge >= 0.3 is 6.18 Å². The Bertz CT molecular complexity index is 674. The molecule has 0 aromatic heterocycles. The van der Waals surface area contributed by atoms with Crippen LogP contribution in [0, 0.1) is 5.82 Å². The maximum atomic E-state index is 13.9. The predicted molar refractivity (Wildman–Crippen MR) is 76.6 cm³/mol. The molecule has 2 N–H and O–H groups in total.